The van der Waals surface area contributed by atoms with Gasteiger partial charge in [-0.3, -0.25) is 9.35 Å². The van der Waals surface area contributed by atoms with Gasteiger partial charge in [-0.2, -0.15) is 17.2 Å². The molecule has 0 aromatic heterocycles. The van der Waals surface area contributed by atoms with Crippen molar-refractivity contribution in [1.29, 1.82) is 0 Å². The third-order valence-electron chi connectivity index (χ3n) is 5.30. The van der Waals surface area contributed by atoms with Crippen LogP contribution in [0.3, 0.4) is 0 Å². The minimum Gasteiger partial charge on any atom is -0.362 e. The van der Waals surface area contributed by atoms with E-state index in [1.807, 2.05) is 0 Å². The van der Waals surface area contributed by atoms with E-state index >= 15 is 0 Å². The van der Waals surface area contributed by atoms with Crippen molar-refractivity contribution in [3.05, 3.63) is 0 Å². The van der Waals surface area contributed by atoms with Crippen LogP contribution in [0.25, 0.3) is 0 Å². The predicted molar refractivity (Wildman–Crippen MR) is 69.4 cm³/mol. The first-order valence-corrected chi connectivity index (χ1v) is 8.66. The second-order valence-electron chi connectivity index (χ2n) is 6.95. The van der Waals surface area contributed by atoms with Crippen molar-refractivity contribution in [2.75, 3.05) is 6.61 Å². The molecule has 4 saturated carbocycles. The van der Waals surface area contributed by atoms with Crippen molar-refractivity contribution < 1.29 is 36.4 Å². The zero-order valence-corrected chi connectivity index (χ0v) is 12.6. The second-order valence-corrected chi connectivity index (χ2v) is 8.44. The number of rotatable bonds is 5. The zero-order chi connectivity index (χ0) is 16.3. The third-order valence-corrected chi connectivity index (χ3v) is 6.19. The highest BCUT2D eigenvalue weighted by atomic mass is 32.2. The Hall–Kier alpha value is -0.640. The molecule has 2 N–H and O–H groups in total. The Balaban J connectivity index is 1.69. The van der Waals surface area contributed by atoms with E-state index < -0.39 is 27.1 Å². The summed E-state index contributed by atoms with van der Waals surface area (Å²) in [5, 5.41) is 4.52. The first-order valence-electron chi connectivity index (χ1n) is 7.22. The van der Waals surface area contributed by atoms with Crippen molar-refractivity contribution in [3.63, 3.8) is 0 Å². The van der Waals surface area contributed by atoms with E-state index in [1.165, 1.54) is 0 Å². The molecule has 0 heterocycles. The van der Waals surface area contributed by atoms with Crippen LogP contribution in [-0.2, 0) is 19.6 Å². The zero-order valence-electron chi connectivity index (χ0n) is 11.7. The quantitative estimate of drug-likeness (QED) is 0.576. The molecule has 4 aliphatic rings. The molecule has 4 fully saturated rings. The average Bonchev–Trinajstić information content (AvgIpc) is 2.40. The molecule has 3 unspecified atom stereocenters. The number of carbonyl (C=O) groups is 1. The van der Waals surface area contributed by atoms with Crippen molar-refractivity contribution in [1.82, 2.24) is 0 Å². The first-order chi connectivity index (χ1) is 10.0. The Morgan fingerprint density at radius 1 is 1.27 bits per heavy atom. The molecule has 0 saturated heterocycles. The van der Waals surface area contributed by atoms with E-state index in [1.54, 1.807) is 0 Å². The van der Waals surface area contributed by atoms with Gasteiger partial charge in [0.2, 0.25) is 6.29 Å². The molecule has 0 amide bonds. The predicted octanol–water partition coefficient (Wildman–Crippen LogP) is 1.20. The largest absolute Gasteiger partial charge is 0.418 e. The van der Waals surface area contributed by atoms with Crippen molar-refractivity contribution in [3.8, 4) is 0 Å². The molecule has 3 atom stereocenters. The lowest BCUT2D eigenvalue weighted by atomic mass is 9.49. The smallest absolute Gasteiger partial charge is 0.362 e. The maximum Gasteiger partial charge on any atom is 0.418 e. The monoisotopic (exact) mass is 340 g/mol. The molecule has 0 spiro atoms. The lowest BCUT2D eigenvalue weighted by Crippen LogP contribution is -2.54. The molecular weight excluding hydrogens is 322 g/mol. The van der Waals surface area contributed by atoms with E-state index in [-0.39, 0.29) is 24.2 Å². The number of hydrogen-bond acceptors (Lipinski definition) is 5. The fraction of sp³-hybridized carbons (Fsp3) is 0.923. The van der Waals surface area contributed by atoms with Gasteiger partial charge in [0.1, 0.15) is 5.78 Å². The molecule has 0 aromatic carbocycles. The van der Waals surface area contributed by atoms with Gasteiger partial charge in [-0.15, -0.1) is 0 Å². The summed E-state index contributed by atoms with van der Waals surface area (Å²) in [7, 11) is -5.75. The van der Waals surface area contributed by atoms with Gasteiger partial charge < -0.3 is 9.84 Å². The Labute approximate surface area is 126 Å². The van der Waals surface area contributed by atoms with E-state index in [2.05, 4.69) is 0 Å². The van der Waals surface area contributed by atoms with Crippen LogP contribution < -0.4 is 0 Å². The summed E-state index contributed by atoms with van der Waals surface area (Å²) < 4.78 is 60.9. The Morgan fingerprint density at radius 2 is 1.82 bits per heavy atom. The highest BCUT2D eigenvalue weighted by molar-refractivity contribution is 7.86. The molecular formula is C13H18F2O6S. The van der Waals surface area contributed by atoms with Crippen LogP contribution >= 0.6 is 0 Å². The Bertz CT molecular complexity index is 571. The second kappa shape index (κ2) is 4.93. The van der Waals surface area contributed by atoms with Crippen molar-refractivity contribution in [2.45, 2.75) is 43.6 Å². The van der Waals surface area contributed by atoms with Crippen LogP contribution in [0.15, 0.2) is 0 Å². The minimum absolute atomic E-state index is 0.0749. The number of aliphatic hydroxyl groups excluding tert-OH is 1. The summed E-state index contributed by atoms with van der Waals surface area (Å²) in [6, 6.07) is 0. The highest BCUT2D eigenvalue weighted by Gasteiger charge is 2.57. The molecule has 126 valence electrons. The molecule has 4 aliphatic carbocycles. The van der Waals surface area contributed by atoms with Gasteiger partial charge in [-0.1, -0.05) is 0 Å². The number of Topliss-reactive ketones (excluding diaryl/α,β-unsaturated/α-hetero) is 1. The first kappa shape index (κ1) is 16.2. The normalized spacial score (nSPS) is 39.3. The van der Waals surface area contributed by atoms with Crippen molar-refractivity contribution in [2.24, 2.45) is 23.2 Å². The Morgan fingerprint density at radius 3 is 2.32 bits per heavy atom. The van der Waals surface area contributed by atoms with Gasteiger partial charge in [0.25, 0.3) is 0 Å². The third kappa shape index (κ3) is 2.47. The van der Waals surface area contributed by atoms with Gasteiger partial charge in [-0.05, 0) is 43.4 Å². The van der Waals surface area contributed by atoms with Crippen LogP contribution in [0.4, 0.5) is 8.78 Å². The van der Waals surface area contributed by atoms with Crippen LogP contribution in [0.2, 0.25) is 0 Å². The lowest BCUT2D eigenvalue weighted by Gasteiger charge is -2.55. The maximum atomic E-state index is 13.3. The summed E-state index contributed by atoms with van der Waals surface area (Å²) in [4.78, 5) is 12.0. The lowest BCUT2D eigenvalue weighted by molar-refractivity contribution is -0.222. The molecule has 4 bridgehead atoms. The maximum absolute atomic E-state index is 13.3. The molecule has 4 rings (SSSR count). The van der Waals surface area contributed by atoms with Crippen LogP contribution in [-0.4, -0.2) is 42.0 Å². The van der Waals surface area contributed by atoms with E-state index in [0.29, 0.717) is 18.8 Å². The van der Waals surface area contributed by atoms with Crippen molar-refractivity contribution >= 4 is 15.9 Å². The molecule has 22 heavy (non-hydrogen) atoms. The van der Waals surface area contributed by atoms with E-state index in [0.717, 1.165) is 19.3 Å². The Kier molecular flexibility index (Phi) is 3.63. The van der Waals surface area contributed by atoms with Gasteiger partial charge in [0, 0.05) is 11.8 Å². The highest BCUT2D eigenvalue weighted by Crippen LogP contribution is 2.58. The SMILES string of the molecule is O=C1C2CC3CC1CC(COC(O)C(F)(F)S(=O)(=O)O)(C3)C2. The average molecular weight is 340 g/mol. The van der Waals surface area contributed by atoms with E-state index in [4.69, 9.17) is 9.29 Å². The number of aliphatic hydroxyl groups is 1. The molecule has 0 radical (unpaired) electrons. The fourth-order valence-electron chi connectivity index (χ4n) is 4.57. The molecule has 6 nitrogen and oxygen atoms in total. The number of ketones is 1. The number of carbonyl (C=O) groups excluding carboxylic acids is 1. The summed E-state index contributed by atoms with van der Waals surface area (Å²) in [6.07, 6.45) is 0.511. The van der Waals surface area contributed by atoms with Gasteiger partial charge >= 0.3 is 15.4 Å². The standard InChI is InChI=1S/C13H18F2O6S/c14-13(15,22(18,19)20)11(17)21-6-12-3-7-1-8(4-12)10(16)9(2-7)5-12/h7-9,11,17H,1-6H2,(H,18,19,20). The number of ether oxygens (including phenoxy) is 1. The molecule has 0 aliphatic heterocycles. The summed E-state index contributed by atoms with van der Waals surface area (Å²) in [6.45, 7) is -0.240. The van der Waals surface area contributed by atoms with Gasteiger partial charge in [0.15, 0.2) is 0 Å². The van der Waals surface area contributed by atoms with E-state index in [9.17, 15) is 27.1 Å². The summed E-state index contributed by atoms with van der Waals surface area (Å²) in [5.74, 6) is 0.441. The van der Waals surface area contributed by atoms with Crippen LogP contribution in [0.1, 0.15) is 32.1 Å². The van der Waals surface area contributed by atoms with Gasteiger partial charge in [0.05, 0.1) is 6.61 Å². The number of hydrogen-bond donors (Lipinski definition) is 2. The fourth-order valence-corrected chi connectivity index (χ4v) is 4.89. The number of halogens is 2. The van der Waals surface area contributed by atoms with Crippen LogP contribution in [0.5, 0.6) is 0 Å². The minimum atomic E-state index is -5.75. The molecule has 0 aromatic rings. The number of alkyl halides is 2. The molecule has 9 heteroatoms. The van der Waals surface area contributed by atoms with Crippen LogP contribution in [0, 0.1) is 23.2 Å². The summed E-state index contributed by atoms with van der Waals surface area (Å²) >= 11 is 0. The van der Waals surface area contributed by atoms with Gasteiger partial charge in [-0.25, -0.2) is 0 Å². The summed E-state index contributed by atoms with van der Waals surface area (Å²) in [5.41, 5.74) is -0.458. The topological polar surface area (TPSA) is 101 Å².